The topological polar surface area (TPSA) is 79.6 Å². The zero-order valence-electron chi connectivity index (χ0n) is 14.5. The molecule has 0 aliphatic rings. The largest absolute Gasteiger partial charge is 0.507 e. The molecule has 0 fully saturated rings. The standard InChI is InChI=1S/C21H16N2O3S/c1-27(26,19-8-3-2-4-9-19)23-21(25)18-13-16(14-22-15-18)11-12-17-7-5-6-10-20(17)24/h2-10,13-15,24H,1H3. The third kappa shape index (κ3) is 4.60. The number of hydrogen-bond acceptors (Lipinski definition) is 4. The van der Waals surface area contributed by atoms with Crippen LogP contribution in [0.2, 0.25) is 0 Å². The molecular formula is C21H16N2O3S. The van der Waals surface area contributed by atoms with E-state index in [9.17, 15) is 14.1 Å². The van der Waals surface area contributed by atoms with Crippen molar-refractivity contribution in [2.24, 2.45) is 4.36 Å². The summed E-state index contributed by atoms with van der Waals surface area (Å²) in [6.07, 6.45) is 4.29. The number of nitrogens with zero attached hydrogens (tertiary/aromatic N) is 2. The van der Waals surface area contributed by atoms with Crippen LogP contribution in [0.4, 0.5) is 0 Å². The van der Waals surface area contributed by atoms with Gasteiger partial charge in [-0.2, -0.15) is 4.36 Å². The summed E-state index contributed by atoms with van der Waals surface area (Å²) in [7, 11) is -2.85. The van der Waals surface area contributed by atoms with Gasteiger partial charge in [0.15, 0.2) is 0 Å². The minimum absolute atomic E-state index is 0.0776. The zero-order chi connectivity index (χ0) is 19.3. The van der Waals surface area contributed by atoms with Crippen LogP contribution in [0.15, 0.2) is 82.3 Å². The second-order valence-electron chi connectivity index (χ2n) is 5.74. The summed E-state index contributed by atoms with van der Waals surface area (Å²) in [5.41, 5.74) is 1.16. The molecule has 6 heteroatoms. The molecule has 1 N–H and O–H groups in total. The van der Waals surface area contributed by atoms with Gasteiger partial charge in [0.2, 0.25) is 0 Å². The van der Waals surface area contributed by atoms with Gasteiger partial charge in [0.1, 0.15) is 5.75 Å². The Kier molecular flexibility index (Phi) is 5.34. The minimum Gasteiger partial charge on any atom is -0.507 e. The van der Waals surface area contributed by atoms with E-state index in [2.05, 4.69) is 21.2 Å². The molecule has 0 saturated carbocycles. The van der Waals surface area contributed by atoms with Gasteiger partial charge in [-0.05, 0) is 30.3 Å². The Hall–Kier alpha value is -3.43. The van der Waals surface area contributed by atoms with E-state index in [0.717, 1.165) is 0 Å². The number of phenols is 1. The van der Waals surface area contributed by atoms with Gasteiger partial charge in [0.25, 0.3) is 5.91 Å². The summed E-state index contributed by atoms with van der Waals surface area (Å²) in [5.74, 6) is 5.14. The summed E-state index contributed by atoms with van der Waals surface area (Å²) < 4.78 is 16.6. The fourth-order valence-electron chi connectivity index (χ4n) is 2.28. The highest BCUT2D eigenvalue weighted by molar-refractivity contribution is 7.93. The molecule has 2 aromatic carbocycles. The van der Waals surface area contributed by atoms with Crippen molar-refractivity contribution in [1.82, 2.24) is 4.98 Å². The van der Waals surface area contributed by atoms with E-state index < -0.39 is 15.6 Å². The molecule has 0 aliphatic carbocycles. The molecule has 0 radical (unpaired) electrons. The van der Waals surface area contributed by atoms with E-state index >= 15 is 0 Å². The molecular weight excluding hydrogens is 360 g/mol. The number of phenolic OH excluding ortho intramolecular Hbond substituents is 1. The number of pyridine rings is 1. The monoisotopic (exact) mass is 376 g/mol. The molecule has 1 aromatic heterocycles. The zero-order valence-corrected chi connectivity index (χ0v) is 15.3. The summed E-state index contributed by atoms with van der Waals surface area (Å²) in [4.78, 5) is 16.9. The number of hydrogen-bond donors (Lipinski definition) is 1. The van der Waals surface area contributed by atoms with Crippen molar-refractivity contribution in [3.8, 4) is 17.6 Å². The van der Waals surface area contributed by atoms with Gasteiger partial charge >= 0.3 is 0 Å². The third-order valence-electron chi connectivity index (χ3n) is 3.67. The molecule has 1 heterocycles. The Morgan fingerprint density at radius 3 is 2.48 bits per heavy atom. The Morgan fingerprint density at radius 2 is 1.74 bits per heavy atom. The van der Waals surface area contributed by atoms with Gasteiger partial charge in [-0.15, -0.1) is 0 Å². The molecule has 27 heavy (non-hydrogen) atoms. The Bertz CT molecular complexity index is 1170. The van der Waals surface area contributed by atoms with Gasteiger partial charge in [-0.1, -0.05) is 42.2 Å². The van der Waals surface area contributed by atoms with Crippen molar-refractivity contribution in [3.63, 3.8) is 0 Å². The number of aromatic nitrogens is 1. The number of rotatable bonds is 2. The smallest absolute Gasteiger partial charge is 0.286 e. The quantitative estimate of drug-likeness (QED) is 0.695. The molecule has 0 spiro atoms. The number of aromatic hydroxyl groups is 1. The first-order valence-electron chi connectivity index (χ1n) is 8.02. The van der Waals surface area contributed by atoms with E-state index in [4.69, 9.17) is 0 Å². The maximum atomic E-state index is 12.7. The Morgan fingerprint density at radius 1 is 1.04 bits per heavy atom. The van der Waals surface area contributed by atoms with Crippen LogP contribution < -0.4 is 0 Å². The van der Waals surface area contributed by atoms with Crippen LogP contribution in [0.1, 0.15) is 21.5 Å². The molecule has 0 bridgehead atoms. The van der Waals surface area contributed by atoms with Crippen LogP contribution in [0, 0.1) is 11.8 Å². The van der Waals surface area contributed by atoms with Crippen LogP contribution in [-0.2, 0) is 9.73 Å². The van der Waals surface area contributed by atoms with Crippen LogP contribution in [0.3, 0.4) is 0 Å². The highest BCUT2D eigenvalue weighted by atomic mass is 32.2. The van der Waals surface area contributed by atoms with Gasteiger partial charge in [-0.3, -0.25) is 9.78 Å². The van der Waals surface area contributed by atoms with Crippen LogP contribution in [0.5, 0.6) is 5.75 Å². The predicted molar refractivity (Wildman–Crippen MR) is 104 cm³/mol. The molecule has 0 saturated heterocycles. The summed E-state index contributed by atoms with van der Waals surface area (Å²) in [6.45, 7) is 0. The summed E-state index contributed by atoms with van der Waals surface area (Å²) in [5, 5.41) is 9.75. The third-order valence-corrected chi connectivity index (χ3v) is 5.33. The fraction of sp³-hybridized carbons (Fsp3) is 0.0476. The lowest BCUT2D eigenvalue weighted by molar-refractivity contribution is 0.100. The summed E-state index contributed by atoms with van der Waals surface area (Å²) in [6, 6.07) is 16.9. The number of carbonyl (C=O) groups excluding carboxylic acids is 1. The van der Waals surface area contributed by atoms with Crippen LogP contribution >= 0.6 is 0 Å². The molecule has 3 rings (SSSR count). The normalized spacial score (nSPS) is 12.3. The Labute approximate surface area is 157 Å². The van der Waals surface area contributed by atoms with E-state index in [1.165, 1.54) is 24.7 Å². The van der Waals surface area contributed by atoms with Crippen molar-refractivity contribution >= 4 is 15.6 Å². The second kappa shape index (κ2) is 7.85. The highest BCUT2D eigenvalue weighted by Gasteiger charge is 2.11. The molecule has 1 atom stereocenters. The van der Waals surface area contributed by atoms with Gasteiger partial charge in [-0.25, -0.2) is 4.21 Å². The van der Waals surface area contributed by atoms with E-state index in [1.807, 2.05) is 0 Å². The average molecular weight is 376 g/mol. The first-order valence-corrected chi connectivity index (χ1v) is 9.95. The molecule has 5 nitrogen and oxygen atoms in total. The number of benzene rings is 2. The van der Waals surface area contributed by atoms with Gasteiger partial charge < -0.3 is 5.11 Å². The highest BCUT2D eigenvalue weighted by Crippen LogP contribution is 2.15. The van der Waals surface area contributed by atoms with Crippen LogP contribution in [-0.4, -0.2) is 26.5 Å². The molecule has 0 aliphatic heterocycles. The molecule has 3 aromatic rings. The maximum absolute atomic E-state index is 12.7. The van der Waals surface area contributed by atoms with Crippen molar-refractivity contribution in [1.29, 1.82) is 0 Å². The second-order valence-corrected chi connectivity index (χ2v) is 8.00. The van der Waals surface area contributed by atoms with Crippen molar-refractivity contribution in [2.75, 3.05) is 6.26 Å². The molecule has 1 unspecified atom stereocenters. The maximum Gasteiger partial charge on any atom is 0.286 e. The van der Waals surface area contributed by atoms with E-state index in [-0.39, 0.29) is 11.3 Å². The number of para-hydroxylation sites is 1. The Balaban J connectivity index is 1.90. The average Bonchev–Trinajstić information content (AvgIpc) is 2.68. The first kappa shape index (κ1) is 18.4. The van der Waals surface area contributed by atoms with E-state index in [0.29, 0.717) is 16.0 Å². The lowest BCUT2D eigenvalue weighted by Gasteiger charge is -2.03. The lowest BCUT2D eigenvalue weighted by Crippen LogP contribution is -2.04. The SMILES string of the molecule is CS(=O)(=NC(=O)c1cncc(C#Cc2ccccc2O)c1)c1ccccc1. The minimum atomic E-state index is -2.85. The van der Waals surface area contributed by atoms with Gasteiger partial charge in [0.05, 0.1) is 20.9 Å². The van der Waals surface area contributed by atoms with Gasteiger partial charge in [0, 0.05) is 29.1 Å². The van der Waals surface area contributed by atoms with Crippen molar-refractivity contribution < 1.29 is 14.1 Å². The fourth-order valence-corrected chi connectivity index (χ4v) is 3.47. The molecule has 1 amide bonds. The van der Waals surface area contributed by atoms with Crippen LogP contribution in [0.25, 0.3) is 0 Å². The predicted octanol–water partition coefficient (Wildman–Crippen LogP) is 3.48. The lowest BCUT2D eigenvalue weighted by atomic mass is 10.1. The number of amides is 1. The van der Waals surface area contributed by atoms with Crippen molar-refractivity contribution in [2.45, 2.75) is 4.90 Å². The summed E-state index contributed by atoms with van der Waals surface area (Å²) >= 11 is 0. The van der Waals surface area contributed by atoms with E-state index in [1.54, 1.807) is 54.6 Å². The van der Waals surface area contributed by atoms with Crippen molar-refractivity contribution in [3.05, 3.63) is 89.7 Å². The number of carbonyl (C=O) groups is 1. The first-order chi connectivity index (χ1) is 13.0. The molecule has 134 valence electrons.